The molecule has 0 saturated carbocycles. The second-order valence-corrected chi connectivity index (χ2v) is 6.75. The Morgan fingerprint density at radius 3 is 2.65 bits per heavy atom. The predicted molar refractivity (Wildman–Crippen MR) is 84.4 cm³/mol. The van der Waals surface area contributed by atoms with Gasteiger partial charge in [0.1, 0.15) is 11.6 Å². The Morgan fingerprint density at radius 1 is 1.39 bits per heavy atom. The highest BCUT2D eigenvalue weighted by Gasteiger charge is 2.21. The first-order chi connectivity index (χ1) is 10.9. The number of carbonyl (C=O) groups excluding carboxylic acids is 1. The van der Waals surface area contributed by atoms with E-state index in [0.717, 1.165) is 12.1 Å². The van der Waals surface area contributed by atoms with E-state index in [4.69, 9.17) is 0 Å². The maximum Gasteiger partial charge on any atom is 0.255 e. The van der Waals surface area contributed by atoms with Crippen molar-refractivity contribution < 1.29 is 17.8 Å². The van der Waals surface area contributed by atoms with Crippen LogP contribution >= 0.6 is 0 Å². The molecule has 1 aromatic heterocycles. The first-order valence-corrected chi connectivity index (χ1v) is 8.71. The molecule has 0 aliphatic carbocycles. The van der Waals surface area contributed by atoms with Crippen LogP contribution in [0.5, 0.6) is 0 Å². The quantitative estimate of drug-likeness (QED) is 0.846. The van der Waals surface area contributed by atoms with E-state index in [1.165, 1.54) is 12.3 Å². The van der Waals surface area contributed by atoms with E-state index in [1.54, 1.807) is 13.2 Å². The third-order valence-electron chi connectivity index (χ3n) is 3.31. The fourth-order valence-electron chi connectivity index (χ4n) is 2.10. The summed E-state index contributed by atoms with van der Waals surface area (Å²) in [7, 11) is -0.947. The van der Waals surface area contributed by atoms with E-state index in [1.807, 2.05) is 0 Å². The molecule has 23 heavy (non-hydrogen) atoms. The third-order valence-corrected chi connectivity index (χ3v) is 4.12. The van der Waals surface area contributed by atoms with Crippen LogP contribution < -0.4 is 5.32 Å². The zero-order chi connectivity index (χ0) is 17.0. The van der Waals surface area contributed by atoms with Gasteiger partial charge in [-0.05, 0) is 25.5 Å². The van der Waals surface area contributed by atoms with Gasteiger partial charge in [-0.15, -0.1) is 0 Å². The molecule has 2 atom stereocenters. The lowest BCUT2D eigenvalue weighted by molar-refractivity contribution is 0.0940. The number of aromatic nitrogens is 2. The topological polar surface area (TPSA) is 74.8 Å². The maximum absolute atomic E-state index is 13.9. The van der Waals surface area contributed by atoms with Crippen molar-refractivity contribution in [1.82, 2.24) is 15.5 Å². The van der Waals surface area contributed by atoms with Crippen LogP contribution in [-0.2, 0) is 10.8 Å². The van der Waals surface area contributed by atoms with Gasteiger partial charge in [0.15, 0.2) is 0 Å². The molecule has 0 bridgehead atoms. The van der Waals surface area contributed by atoms with Crippen LogP contribution in [0.25, 0.3) is 11.3 Å². The zero-order valence-corrected chi connectivity index (χ0v) is 13.5. The second-order valence-electron chi connectivity index (χ2n) is 5.20. The fourth-order valence-corrected chi connectivity index (χ4v) is 2.79. The smallest absolute Gasteiger partial charge is 0.255 e. The number of carbonyl (C=O) groups is 1. The number of hydrogen-bond acceptors (Lipinski definition) is 3. The lowest BCUT2D eigenvalue weighted by Crippen LogP contribution is -2.33. The van der Waals surface area contributed by atoms with Gasteiger partial charge in [0, 0.05) is 28.9 Å². The predicted octanol–water partition coefficient (Wildman–Crippen LogP) is 2.24. The Kier molecular flexibility index (Phi) is 5.59. The van der Waals surface area contributed by atoms with Crippen LogP contribution in [0.2, 0.25) is 0 Å². The summed E-state index contributed by atoms with van der Waals surface area (Å²) in [4.78, 5) is 12.3. The molecule has 0 radical (unpaired) electrons. The third kappa shape index (κ3) is 4.22. The first-order valence-electron chi connectivity index (χ1n) is 6.98. The van der Waals surface area contributed by atoms with E-state index in [0.29, 0.717) is 12.2 Å². The second kappa shape index (κ2) is 7.45. The Balaban J connectivity index is 2.21. The summed E-state index contributed by atoms with van der Waals surface area (Å²) < 4.78 is 38.8. The van der Waals surface area contributed by atoms with Crippen LogP contribution in [0.3, 0.4) is 0 Å². The molecule has 0 saturated heterocycles. The summed E-state index contributed by atoms with van der Waals surface area (Å²) in [6.45, 7) is 1.77. The molecule has 1 heterocycles. The molecule has 0 aliphatic heterocycles. The van der Waals surface area contributed by atoms with Crippen molar-refractivity contribution in [2.75, 3.05) is 12.0 Å². The van der Waals surface area contributed by atoms with Crippen LogP contribution in [-0.4, -0.2) is 38.4 Å². The molecule has 0 aliphatic rings. The van der Waals surface area contributed by atoms with Crippen molar-refractivity contribution in [3.05, 3.63) is 41.6 Å². The van der Waals surface area contributed by atoms with Gasteiger partial charge in [-0.1, -0.05) is 6.07 Å². The number of H-pyrrole nitrogens is 1. The van der Waals surface area contributed by atoms with Gasteiger partial charge in [-0.3, -0.25) is 14.1 Å². The number of nitrogens with zero attached hydrogens (tertiary/aromatic N) is 1. The SMILES string of the molecule is CC(CCS(C)=O)NC(=O)c1cn[nH]c1-c1c(F)cccc1F. The van der Waals surface area contributed by atoms with Gasteiger partial charge in [0.05, 0.1) is 23.0 Å². The van der Waals surface area contributed by atoms with Gasteiger partial charge in [-0.2, -0.15) is 5.10 Å². The highest BCUT2D eigenvalue weighted by atomic mass is 32.2. The highest BCUT2D eigenvalue weighted by molar-refractivity contribution is 7.84. The van der Waals surface area contributed by atoms with Gasteiger partial charge in [0.25, 0.3) is 5.91 Å². The minimum Gasteiger partial charge on any atom is -0.349 e. The van der Waals surface area contributed by atoms with E-state index in [-0.39, 0.29) is 22.9 Å². The Bertz CT molecular complexity index is 713. The average Bonchev–Trinajstić information content (AvgIpc) is 2.94. The molecule has 2 aromatic rings. The Morgan fingerprint density at radius 2 is 2.04 bits per heavy atom. The Hall–Kier alpha value is -2.09. The minimum absolute atomic E-state index is 0.00984. The van der Waals surface area contributed by atoms with Crippen LogP contribution in [0.15, 0.2) is 24.4 Å². The normalized spacial score (nSPS) is 13.6. The van der Waals surface area contributed by atoms with Crippen molar-refractivity contribution in [2.45, 2.75) is 19.4 Å². The molecule has 8 heteroatoms. The number of hydrogen-bond donors (Lipinski definition) is 2. The number of nitrogens with one attached hydrogen (secondary N) is 2. The van der Waals surface area contributed by atoms with Crippen LogP contribution in [0.4, 0.5) is 8.78 Å². The van der Waals surface area contributed by atoms with E-state index < -0.39 is 28.3 Å². The average molecular weight is 341 g/mol. The molecular formula is C15H17F2N3O2S. The lowest BCUT2D eigenvalue weighted by atomic mass is 10.1. The molecule has 124 valence electrons. The van der Waals surface area contributed by atoms with Gasteiger partial charge >= 0.3 is 0 Å². The molecule has 0 fully saturated rings. The molecule has 0 spiro atoms. The molecule has 1 aromatic carbocycles. The van der Waals surface area contributed by atoms with E-state index in [9.17, 15) is 17.8 Å². The van der Waals surface area contributed by atoms with Crippen LogP contribution in [0, 0.1) is 11.6 Å². The molecule has 5 nitrogen and oxygen atoms in total. The summed E-state index contributed by atoms with van der Waals surface area (Å²) in [6.07, 6.45) is 3.35. The summed E-state index contributed by atoms with van der Waals surface area (Å²) >= 11 is 0. The van der Waals surface area contributed by atoms with Crippen molar-refractivity contribution in [2.24, 2.45) is 0 Å². The number of halogens is 2. The largest absolute Gasteiger partial charge is 0.349 e. The number of benzene rings is 1. The molecule has 1 amide bonds. The standard InChI is InChI=1S/C15H17F2N3O2S/c1-9(6-7-23(2)22)19-15(21)10-8-18-20-14(10)13-11(16)4-3-5-12(13)17/h3-5,8-9H,6-7H2,1-2H3,(H,18,20)(H,19,21). The molecule has 2 N–H and O–H groups in total. The summed E-state index contributed by atoms with van der Waals surface area (Å²) in [5.41, 5.74) is -0.277. The monoisotopic (exact) mass is 341 g/mol. The minimum atomic E-state index is -0.947. The van der Waals surface area contributed by atoms with Crippen molar-refractivity contribution >= 4 is 16.7 Å². The lowest BCUT2D eigenvalue weighted by Gasteiger charge is -2.13. The maximum atomic E-state index is 13.9. The Labute approximate surface area is 134 Å². The zero-order valence-electron chi connectivity index (χ0n) is 12.7. The van der Waals surface area contributed by atoms with Gasteiger partial charge in [0.2, 0.25) is 0 Å². The fraction of sp³-hybridized carbons (Fsp3) is 0.333. The summed E-state index contributed by atoms with van der Waals surface area (Å²) in [5, 5.41) is 8.89. The van der Waals surface area contributed by atoms with Gasteiger partial charge in [-0.25, -0.2) is 8.78 Å². The van der Waals surface area contributed by atoms with Crippen molar-refractivity contribution in [1.29, 1.82) is 0 Å². The number of rotatable bonds is 6. The van der Waals surface area contributed by atoms with E-state index >= 15 is 0 Å². The summed E-state index contributed by atoms with van der Waals surface area (Å²) in [6, 6.07) is 3.25. The summed E-state index contributed by atoms with van der Waals surface area (Å²) in [5.74, 6) is -1.59. The van der Waals surface area contributed by atoms with Gasteiger partial charge < -0.3 is 5.32 Å². The number of amides is 1. The molecule has 2 unspecified atom stereocenters. The van der Waals surface area contributed by atoms with E-state index in [2.05, 4.69) is 15.5 Å². The first kappa shape index (κ1) is 17.3. The molecule has 2 rings (SSSR count). The van der Waals surface area contributed by atoms with Crippen molar-refractivity contribution in [3.8, 4) is 11.3 Å². The van der Waals surface area contributed by atoms with Crippen LogP contribution in [0.1, 0.15) is 23.7 Å². The molecular weight excluding hydrogens is 324 g/mol. The highest BCUT2D eigenvalue weighted by Crippen LogP contribution is 2.27. The van der Waals surface area contributed by atoms with Crippen molar-refractivity contribution in [3.63, 3.8) is 0 Å². The number of aromatic amines is 1.